The third-order valence-electron chi connectivity index (χ3n) is 8.56. The number of benzene rings is 2. The van der Waals surface area contributed by atoms with Crippen LogP contribution in [0, 0.1) is 5.92 Å². The number of hydrogen-bond acceptors (Lipinski definition) is 5. The van der Waals surface area contributed by atoms with Crippen LogP contribution in [0.1, 0.15) is 74.9 Å². The SMILES string of the molecule is CCCCC(CC)C1(C)c2c(cccc2C(F)(F)F)C(=O)N1c1cc(-c2ccccc2-c2nncn2C)cc(NCC)n1. The fourth-order valence-corrected chi connectivity index (χ4v) is 6.53. The number of pyridine rings is 1. The summed E-state index contributed by atoms with van der Waals surface area (Å²) in [7, 11) is 1.86. The number of rotatable bonds is 10. The standard InChI is InChI=1S/C33H37F3N6O/c1-6-9-13-22(7-2)32(4)29-25(16-12-17-26(29)33(34,35)36)31(43)42(32)28-19-21(18-27(39-28)37-8-3)23-14-10-11-15-24(23)30-40-38-20-41(30)5/h10-12,14-20,22H,6-9,13H2,1-5H3,(H,37,39). The first-order valence-corrected chi connectivity index (χ1v) is 14.8. The van der Waals surface area contributed by atoms with Crippen LogP contribution in [-0.4, -0.2) is 32.2 Å². The van der Waals surface area contributed by atoms with Crippen molar-refractivity contribution in [1.82, 2.24) is 19.7 Å². The highest BCUT2D eigenvalue weighted by atomic mass is 19.4. The lowest BCUT2D eigenvalue weighted by molar-refractivity contribution is -0.138. The van der Waals surface area contributed by atoms with E-state index in [4.69, 9.17) is 4.98 Å². The molecule has 1 aliphatic rings. The molecule has 0 spiro atoms. The van der Waals surface area contributed by atoms with E-state index in [1.54, 1.807) is 19.3 Å². The first-order chi connectivity index (χ1) is 20.6. The summed E-state index contributed by atoms with van der Waals surface area (Å²) in [5.41, 5.74) is 0.477. The summed E-state index contributed by atoms with van der Waals surface area (Å²) in [5.74, 6) is 0.765. The lowest BCUT2D eigenvalue weighted by Crippen LogP contribution is -2.48. The minimum Gasteiger partial charge on any atom is -0.370 e. The second-order valence-corrected chi connectivity index (χ2v) is 11.2. The van der Waals surface area contributed by atoms with Crippen LogP contribution in [0.4, 0.5) is 24.8 Å². The molecule has 2 aromatic carbocycles. The first kappa shape index (κ1) is 30.3. The van der Waals surface area contributed by atoms with Crippen molar-refractivity contribution in [1.29, 1.82) is 0 Å². The Morgan fingerprint density at radius 2 is 1.72 bits per heavy atom. The number of carbonyl (C=O) groups is 1. The number of amides is 1. The average molecular weight is 591 g/mol. The molecular weight excluding hydrogens is 553 g/mol. The minimum absolute atomic E-state index is 0.0344. The van der Waals surface area contributed by atoms with Gasteiger partial charge < -0.3 is 9.88 Å². The molecule has 2 atom stereocenters. The van der Waals surface area contributed by atoms with Gasteiger partial charge >= 0.3 is 6.18 Å². The summed E-state index contributed by atoms with van der Waals surface area (Å²) in [6.07, 6.45) is 0.00488. The smallest absolute Gasteiger partial charge is 0.370 e. The van der Waals surface area contributed by atoms with E-state index >= 15 is 0 Å². The van der Waals surface area contributed by atoms with E-state index in [9.17, 15) is 18.0 Å². The van der Waals surface area contributed by atoms with E-state index in [1.165, 1.54) is 17.0 Å². The van der Waals surface area contributed by atoms with Crippen LogP contribution in [0.3, 0.4) is 0 Å². The quantitative estimate of drug-likeness (QED) is 0.202. The predicted molar refractivity (Wildman–Crippen MR) is 163 cm³/mol. The van der Waals surface area contributed by atoms with Crippen LogP contribution >= 0.6 is 0 Å². The van der Waals surface area contributed by atoms with Crippen LogP contribution in [0.2, 0.25) is 0 Å². The summed E-state index contributed by atoms with van der Waals surface area (Å²) >= 11 is 0. The summed E-state index contributed by atoms with van der Waals surface area (Å²) in [6, 6.07) is 15.3. The normalized spacial score (nSPS) is 17.3. The van der Waals surface area contributed by atoms with Gasteiger partial charge in [0, 0.05) is 30.3 Å². The molecule has 3 heterocycles. The third-order valence-corrected chi connectivity index (χ3v) is 8.56. The lowest BCUT2D eigenvalue weighted by Gasteiger charge is -2.43. The molecule has 1 N–H and O–H groups in total. The van der Waals surface area contributed by atoms with Gasteiger partial charge in [0.1, 0.15) is 18.0 Å². The molecule has 0 saturated carbocycles. The molecule has 1 amide bonds. The van der Waals surface area contributed by atoms with Gasteiger partial charge in [-0.15, -0.1) is 10.2 Å². The molecule has 5 rings (SSSR count). The van der Waals surface area contributed by atoms with Crippen molar-refractivity contribution < 1.29 is 18.0 Å². The van der Waals surface area contributed by atoms with Gasteiger partial charge in [-0.3, -0.25) is 9.69 Å². The maximum absolute atomic E-state index is 14.6. The number of fused-ring (bicyclic) bond motifs is 1. The minimum atomic E-state index is -4.62. The monoisotopic (exact) mass is 590 g/mol. The van der Waals surface area contributed by atoms with Crippen LogP contribution in [0.5, 0.6) is 0 Å². The number of halogens is 3. The molecular formula is C33H37F3N6O. The molecule has 2 aromatic heterocycles. The van der Waals surface area contributed by atoms with Gasteiger partial charge in [-0.1, -0.05) is 63.4 Å². The van der Waals surface area contributed by atoms with Crippen LogP contribution in [0.25, 0.3) is 22.5 Å². The van der Waals surface area contributed by atoms with E-state index in [2.05, 4.69) is 22.4 Å². The van der Waals surface area contributed by atoms with Crippen molar-refractivity contribution >= 4 is 17.5 Å². The summed E-state index contributed by atoms with van der Waals surface area (Å²) in [6.45, 7) is 8.33. The second kappa shape index (κ2) is 11.8. The molecule has 2 unspecified atom stereocenters. The first-order valence-electron chi connectivity index (χ1n) is 14.8. The number of nitrogens with one attached hydrogen (secondary N) is 1. The topological polar surface area (TPSA) is 75.9 Å². The van der Waals surface area contributed by atoms with E-state index in [-0.39, 0.29) is 17.0 Å². The van der Waals surface area contributed by atoms with Crippen molar-refractivity contribution in [3.8, 4) is 22.5 Å². The Labute approximate surface area is 250 Å². The molecule has 1 aliphatic heterocycles. The van der Waals surface area contributed by atoms with Gasteiger partial charge in [-0.25, -0.2) is 4.98 Å². The second-order valence-electron chi connectivity index (χ2n) is 11.2. The molecule has 0 aliphatic carbocycles. The number of unbranched alkanes of at least 4 members (excludes halogenated alkanes) is 1. The highest BCUT2D eigenvalue weighted by Crippen LogP contribution is 2.53. The molecule has 226 valence electrons. The van der Waals surface area contributed by atoms with Gasteiger partial charge in [0.25, 0.3) is 5.91 Å². The molecule has 0 radical (unpaired) electrons. The average Bonchev–Trinajstić information content (AvgIpc) is 3.51. The van der Waals surface area contributed by atoms with Crippen molar-refractivity contribution in [2.24, 2.45) is 13.0 Å². The number of alkyl halides is 3. The zero-order valence-corrected chi connectivity index (χ0v) is 25.2. The Kier molecular flexibility index (Phi) is 8.31. The summed E-state index contributed by atoms with van der Waals surface area (Å²) < 4.78 is 45.5. The number of aromatic nitrogens is 4. The predicted octanol–water partition coefficient (Wildman–Crippen LogP) is 8.09. The molecule has 0 bridgehead atoms. The van der Waals surface area contributed by atoms with E-state index < -0.39 is 23.2 Å². The van der Waals surface area contributed by atoms with Crippen molar-refractivity contribution in [3.05, 3.63) is 77.6 Å². The number of anilines is 2. The fourth-order valence-electron chi connectivity index (χ4n) is 6.53. The Bertz CT molecular complexity index is 1630. The van der Waals surface area contributed by atoms with Crippen LogP contribution in [0.15, 0.2) is 60.9 Å². The van der Waals surface area contributed by atoms with Crippen LogP contribution in [-0.2, 0) is 18.8 Å². The van der Waals surface area contributed by atoms with E-state index in [0.717, 1.165) is 35.6 Å². The van der Waals surface area contributed by atoms with Crippen molar-refractivity contribution in [2.45, 2.75) is 65.1 Å². The largest absolute Gasteiger partial charge is 0.416 e. The Balaban J connectivity index is 1.77. The van der Waals surface area contributed by atoms with Gasteiger partial charge in [-0.05, 0) is 61.6 Å². The van der Waals surface area contributed by atoms with Gasteiger partial charge in [-0.2, -0.15) is 13.2 Å². The zero-order chi connectivity index (χ0) is 30.9. The number of nitrogens with zero attached hydrogens (tertiary/aromatic N) is 5. The molecule has 0 fully saturated rings. The number of aryl methyl sites for hydroxylation is 1. The van der Waals surface area contributed by atoms with Crippen molar-refractivity contribution in [2.75, 3.05) is 16.8 Å². The molecule has 7 nitrogen and oxygen atoms in total. The maximum atomic E-state index is 14.6. The Hall–Kier alpha value is -4.21. The van der Waals surface area contributed by atoms with E-state index in [1.807, 2.05) is 55.8 Å². The van der Waals surface area contributed by atoms with Gasteiger partial charge in [0.15, 0.2) is 5.82 Å². The third kappa shape index (κ3) is 5.28. The molecule has 4 aromatic rings. The zero-order valence-electron chi connectivity index (χ0n) is 25.2. The maximum Gasteiger partial charge on any atom is 0.416 e. The molecule has 43 heavy (non-hydrogen) atoms. The van der Waals surface area contributed by atoms with E-state index in [0.29, 0.717) is 36.8 Å². The van der Waals surface area contributed by atoms with Crippen LogP contribution < -0.4 is 10.2 Å². The van der Waals surface area contributed by atoms with Gasteiger partial charge in [0.05, 0.1) is 11.1 Å². The molecule has 0 saturated heterocycles. The Morgan fingerprint density at radius 3 is 2.35 bits per heavy atom. The highest BCUT2D eigenvalue weighted by Gasteiger charge is 2.55. The van der Waals surface area contributed by atoms with Gasteiger partial charge in [0.2, 0.25) is 0 Å². The lowest BCUT2D eigenvalue weighted by atomic mass is 9.73. The summed E-state index contributed by atoms with van der Waals surface area (Å²) in [4.78, 5) is 20.6. The van der Waals surface area contributed by atoms with Crippen molar-refractivity contribution in [3.63, 3.8) is 0 Å². The molecule has 10 heteroatoms. The fraction of sp³-hybridized carbons (Fsp3) is 0.394. The summed E-state index contributed by atoms with van der Waals surface area (Å²) in [5, 5.41) is 11.6. The Morgan fingerprint density at radius 1 is 1.00 bits per heavy atom. The number of hydrogen-bond donors (Lipinski definition) is 1. The highest BCUT2D eigenvalue weighted by molar-refractivity contribution is 6.12. The number of carbonyl (C=O) groups excluding carboxylic acids is 1.